The number of pyridine rings is 2. The average Bonchev–Trinajstić information content (AvgIpc) is 3.12. The van der Waals surface area contributed by atoms with Gasteiger partial charge in [-0.15, -0.1) is 0 Å². The molecule has 1 aromatic carbocycles. The van der Waals surface area contributed by atoms with Crippen LogP contribution in [-0.2, 0) is 17.6 Å². The summed E-state index contributed by atoms with van der Waals surface area (Å²) in [6.45, 7) is 0.478. The Kier molecular flexibility index (Phi) is 7.20. The number of likely N-dealkylation sites (tertiary alicyclic amines) is 1. The molecule has 1 saturated heterocycles. The van der Waals surface area contributed by atoms with Crippen molar-refractivity contribution in [1.29, 1.82) is 0 Å². The first-order chi connectivity index (χ1) is 17.9. The monoisotopic (exact) mass is 535 g/mol. The van der Waals surface area contributed by atoms with E-state index >= 15 is 0 Å². The number of likely N-dealkylation sites (N-methyl/N-ethyl adjacent to an activating group) is 1. The van der Waals surface area contributed by atoms with Gasteiger partial charge in [-0.3, -0.25) is 25.4 Å². The number of anilines is 1. The Balaban J connectivity index is 1.24. The Morgan fingerprint density at radius 2 is 1.89 bits per heavy atom. The third-order valence-corrected chi connectivity index (χ3v) is 7.14. The number of hydrazine groups is 1. The van der Waals surface area contributed by atoms with E-state index in [1.165, 1.54) is 23.4 Å². The molecule has 4 N–H and O–H groups in total. The second kappa shape index (κ2) is 10.7. The first-order valence-corrected chi connectivity index (χ1v) is 12.7. The normalized spacial score (nSPS) is 18.3. The zero-order valence-electron chi connectivity index (χ0n) is 20.1. The van der Waals surface area contributed by atoms with E-state index in [0.717, 1.165) is 24.0 Å². The third-order valence-electron chi connectivity index (χ3n) is 6.64. The highest BCUT2D eigenvalue weighted by Crippen LogP contribution is 2.32. The smallest absolute Gasteiger partial charge is 0.253 e. The van der Waals surface area contributed by atoms with Crippen LogP contribution in [0.25, 0.3) is 0 Å². The highest BCUT2D eigenvalue weighted by Gasteiger charge is 2.28. The predicted octanol–water partition coefficient (Wildman–Crippen LogP) is 2.77. The van der Waals surface area contributed by atoms with Crippen LogP contribution >= 0.6 is 23.8 Å². The van der Waals surface area contributed by atoms with Crippen LogP contribution in [0.5, 0.6) is 0 Å². The molecule has 2 amide bonds. The molecule has 2 aromatic heterocycles. The van der Waals surface area contributed by atoms with E-state index in [4.69, 9.17) is 23.8 Å². The van der Waals surface area contributed by atoms with Crippen molar-refractivity contribution in [2.75, 3.05) is 19.0 Å². The molecule has 1 aliphatic heterocycles. The molecular formula is C26H26ClN7O2S. The molecule has 0 radical (unpaired) electrons. The van der Waals surface area contributed by atoms with E-state index < -0.39 is 0 Å². The van der Waals surface area contributed by atoms with Crippen molar-refractivity contribution in [2.24, 2.45) is 0 Å². The van der Waals surface area contributed by atoms with Gasteiger partial charge in [0.25, 0.3) is 5.91 Å². The molecule has 3 aromatic rings. The summed E-state index contributed by atoms with van der Waals surface area (Å²) in [5.41, 5.74) is 10.9. The Bertz CT molecular complexity index is 1320. The van der Waals surface area contributed by atoms with Gasteiger partial charge in [0.15, 0.2) is 10.9 Å². The highest BCUT2D eigenvalue weighted by molar-refractivity contribution is 7.80. The van der Waals surface area contributed by atoms with Crippen molar-refractivity contribution in [2.45, 2.75) is 31.3 Å². The first-order valence-electron chi connectivity index (χ1n) is 11.9. The molecule has 5 rings (SSSR count). The summed E-state index contributed by atoms with van der Waals surface area (Å²) in [5.74, 6) is -0.0104. The number of carbonyl (C=O) groups excluding carboxylic acids is 2. The zero-order chi connectivity index (χ0) is 25.9. The summed E-state index contributed by atoms with van der Waals surface area (Å²) < 4.78 is 0. The molecule has 37 heavy (non-hydrogen) atoms. The number of halogens is 1. The van der Waals surface area contributed by atoms with E-state index in [2.05, 4.69) is 49.7 Å². The van der Waals surface area contributed by atoms with Crippen molar-refractivity contribution in [1.82, 2.24) is 30.9 Å². The first kappa shape index (κ1) is 24.9. The molecule has 2 atom stereocenters. The Labute approximate surface area is 225 Å². The van der Waals surface area contributed by atoms with Crippen molar-refractivity contribution >= 4 is 46.6 Å². The number of nitrogens with zero attached hydrogens (tertiary/aromatic N) is 3. The molecule has 1 fully saturated rings. The van der Waals surface area contributed by atoms with E-state index in [9.17, 15) is 9.59 Å². The lowest BCUT2D eigenvalue weighted by Crippen LogP contribution is -2.41. The van der Waals surface area contributed by atoms with Crippen molar-refractivity contribution in [3.8, 4) is 0 Å². The fourth-order valence-corrected chi connectivity index (χ4v) is 5.11. The number of hydrogen-bond donors (Lipinski definition) is 4. The van der Waals surface area contributed by atoms with Crippen LogP contribution in [0.2, 0.25) is 5.02 Å². The number of benzene rings is 1. The van der Waals surface area contributed by atoms with Gasteiger partial charge in [-0.1, -0.05) is 35.9 Å². The summed E-state index contributed by atoms with van der Waals surface area (Å²) in [7, 11) is 1.71. The lowest BCUT2D eigenvalue weighted by molar-refractivity contribution is -0.126. The van der Waals surface area contributed by atoms with Crippen molar-refractivity contribution < 1.29 is 9.59 Å². The number of fused-ring (bicyclic) bond motifs is 2. The second-order valence-electron chi connectivity index (χ2n) is 9.13. The van der Waals surface area contributed by atoms with Gasteiger partial charge in [0.1, 0.15) is 0 Å². The largest absolute Gasteiger partial charge is 0.350 e. The Morgan fingerprint density at radius 3 is 2.65 bits per heavy atom. The van der Waals surface area contributed by atoms with Gasteiger partial charge in [-0.2, -0.15) is 0 Å². The number of nitrogens with one attached hydrogen (secondary N) is 4. The van der Waals surface area contributed by atoms with Crippen LogP contribution in [0.4, 0.5) is 5.82 Å². The fourth-order valence-electron chi connectivity index (χ4n) is 4.73. The fraction of sp³-hybridized carbons (Fsp3) is 0.269. The summed E-state index contributed by atoms with van der Waals surface area (Å²) in [4.78, 5) is 34.5. The molecule has 190 valence electrons. The number of aryl methyl sites for hydroxylation is 2. The van der Waals surface area contributed by atoms with Gasteiger partial charge < -0.3 is 15.5 Å². The number of aromatic nitrogens is 2. The molecule has 0 bridgehead atoms. The van der Waals surface area contributed by atoms with Crippen LogP contribution in [0.3, 0.4) is 0 Å². The second-order valence-corrected chi connectivity index (χ2v) is 9.95. The maximum absolute atomic E-state index is 12.6. The SMILES string of the molecule is CN1C[C@@H](NC(=O)c2cnc(NNC(=S)NC3c4ccccc4CCc4ccncc43)c(Cl)c2)CC1=O. The van der Waals surface area contributed by atoms with Crippen LogP contribution in [0.1, 0.15) is 45.1 Å². The Morgan fingerprint density at radius 1 is 1.11 bits per heavy atom. The highest BCUT2D eigenvalue weighted by atomic mass is 35.5. The molecule has 1 unspecified atom stereocenters. The number of hydrogen-bond acceptors (Lipinski definition) is 6. The minimum atomic E-state index is -0.335. The minimum absolute atomic E-state index is 0.00347. The number of thiocarbonyl (C=S) groups is 1. The lowest BCUT2D eigenvalue weighted by Gasteiger charge is -2.23. The molecule has 2 aliphatic rings. The Hall–Kier alpha value is -3.76. The number of amides is 2. The van der Waals surface area contributed by atoms with Gasteiger partial charge in [-0.05, 0) is 53.9 Å². The summed E-state index contributed by atoms with van der Waals surface area (Å²) in [5, 5.41) is 6.84. The standard InChI is InChI=1S/C26H26ClN7O2S/c1-34-14-18(11-22(34)35)30-25(36)17-10-21(27)24(29-12-17)32-33-26(37)31-23-19-5-3-2-4-15(19)6-7-16-8-9-28-13-20(16)23/h2-5,8-10,12-13,18,23H,6-7,11,14H2,1H3,(H,29,32)(H,30,36)(H2,31,33,37)/t18-,23?/m0/s1. The summed E-state index contributed by atoms with van der Waals surface area (Å²) in [6, 6.07) is 11.5. The van der Waals surface area contributed by atoms with Crippen LogP contribution in [0, 0.1) is 0 Å². The van der Waals surface area contributed by atoms with Crippen LogP contribution < -0.4 is 21.5 Å². The molecule has 0 spiro atoms. The van der Waals surface area contributed by atoms with Crippen LogP contribution in [-0.4, -0.2) is 51.4 Å². The maximum Gasteiger partial charge on any atom is 0.253 e. The van der Waals surface area contributed by atoms with Gasteiger partial charge in [0.2, 0.25) is 5.91 Å². The van der Waals surface area contributed by atoms with Crippen molar-refractivity contribution in [3.05, 3.63) is 87.8 Å². The van der Waals surface area contributed by atoms with Gasteiger partial charge in [0, 0.05) is 44.2 Å². The molecule has 11 heteroatoms. The van der Waals surface area contributed by atoms with E-state index in [1.54, 1.807) is 11.9 Å². The number of carbonyl (C=O) groups is 2. The predicted molar refractivity (Wildman–Crippen MR) is 145 cm³/mol. The molecule has 3 heterocycles. The minimum Gasteiger partial charge on any atom is -0.350 e. The zero-order valence-corrected chi connectivity index (χ0v) is 21.7. The van der Waals surface area contributed by atoms with Crippen LogP contribution in [0.15, 0.2) is 55.0 Å². The average molecular weight is 536 g/mol. The number of rotatable bonds is 5. The molecule has 1 aliphatic carbocycles. The quantitative estimate of drug-likeness (QED) is 0.291. The lowest BCUT2D eigenvalue weighted by atomic mass is 9.96. The molecule has 9 nitrogen and oxygen atoms in total. The summed E-state index contributed by atoms with van der Waals surface area (Å²) >= 11 is 12.0. The topological polar surface area (TPSA) is 111 Å². The van der Waals surface area contributed by atoms with E-state index in [1.807, 2.05) is 24.5 Å². The van der Waals surface area contributed by atoms with Gasteiger partial charge >= 0.3 is 0 Å². The van der Waals surface area contributed by atoms with E-state index in [-0.39, 0.29) is 35.3 Å². The van der Waals surface area contributed by atoms with Gasteiger partial charge in [0.05, 0.1) is 22.7 Å². The van der Waals surface area contributed by atoms with Crippen molar-refractivity contribution in [3.63, 3.8) is 0 Å². The summed E-state index contributed by atoms with van der Waals surface area (Å²) in [6.07, 6.45) is 7.27. The maximum atomic E-state index is 12.6. The molecular weight excluding hydrogens is 510 g/mol. The van der Waals surface area contributed by atoms with Gasteiger partial charge in [-0.25, -0.2) is 4.98 Å². The molecule has 0 saturated carbocycles. The third kappa shape index (κ3) is 5.50. The van der Waals surface area contributed by atoms with E-state index in [0.29, 0.717) is 23.0 Å².